The molecule has 0 N–H and O–H groups in total. The number of likely N-dealkylation sites (N-methyl/N-ethyl adjacent to an activating group) is 1. The van der Waals surface area contributed by atoms with Gasteiger partial charge < -0.3 is 14.2 Å². The van der Waals surface area contributed by atoms with E-state index in [2.05, 4.69) is 28.6 Å². The van der Waals surface area contributed by atoms with Crippen LogP contribution in [0.3, 0.4) is 0 Å². The van der Waals surface area contributed by atoms with Crippen LogP contribution in [0.4, 0.5) is 0 Å². The molecule has 2 heterocycles. The van der Waals surface area contributed by atoms with Crippen LogP contribution in [-0.4, -0.2) is 41.7 Å². The second-order valence-electron chi connectivity index (χ2n) is 8.99. The molecule has 1 aromatic heterocycles. The van der Waals surface area contributed by atoms with Crippen LogP contribution in [0.1, 0.15) is 43.0 Å². The van der Waals surface area contributed by atoms with Gasteiger partial charge in [0.25, 0.3) is 0 Å². The van der Waals surface area contributed by atoms with Gasteiger partial charge in [-0.2, -0.15) is 0 Å². The van der Waals surface area contributed by atoms with Crippen molar-refractivity contribution in [1.82, 2.24) is 9.47 Å². The molecule has 0 saturated carbocycles. The number of hydrogen-bond donors (Lipinski definition) is 0. The maximum Gasteiger partial charge on any atom is 0.306 e. The van der Waals surface area contributed by atoms with Crippen molar-refractivity contribution >= 4 is 40.1 Å². The minimum atomic E-state index is -0.176. The molecule has 1 atom stereocenters. The molecule has 1 unspecified atom stereocenters. The zero-order valence-corrected chi connectivity index (χ0v) is 20.4. The number of carbonyl (C=O) groups is 1. The van der Waals surface area contributed by atoms with Crippen LogP contribution in [0.5, 0.6) is 0 Å². The summed E-state index contributed by atoms with van der Waals surface area (Å²) in [5, 5.41) is 2.67. The van der Waals surface area contributed by atoms with Crippen LogP contribution in [-0.2, 0) is 28.9 Å². The van der Waals surface area contributed by atoms with Crippen LogP contribution in [0.2, 0.25) is 10.0 Å². The number of rotatable bonds is 6. The smallest absolute Gasteiger partial charge is 0.306 e. The Morgan fingerprint density at radius 1 is 1.03 bits per heavy atom. The maximum atomic E-state index is 12.6. The van der Waals surface area contributed by atoms with Gasteiger partial charge in [0, 0.05) is 58.6 Å². The van der Waals surface area contributed by atoms with E-state index in [0.717, 1.165) is 36.5 Å². The highest BCUT2D eigenvalue weighted by Gasteiger charge is 2.25. The third-order valence-corrected chi connectivity index (χ3v) is 6.73. The summed E-state index contributed by atoms with van der Waals surface area (Å²) in [7, 11) is 2.17. The van der Waals surface area contributed by atoms with E-state index >= 15 is 0 Å². The Kier molecular flexibility index (Phi) is 7.14. The first-order valence-electron chi connectivity index (χ1n) is 11.2. The minimum Gasteiger partial charge on any atom is -0.463 e. The summed E-state index contributed by atoms with van der Waals surface area (Å²) in [6, 6.07) is 14.0. The first kappa shape index (κ1) is 23.2. The zero-order valence-electron chi connectivity index (χ0n) is 18.9. The SMILES string of the molecule is CC(C)OC(=O)CC(Cn1c2c(c3cc(Cl)ccc31)CCN(C)CC2)c1ccc(Cl)cc1. The van der Waals surface area contributed by atoms with E-state index in [9.17, 15) is 4.79 Å². The fraction of sp³-hybridized carbons (Fsp3) is 0.423. The molecular formula is C26H30Cl2N2O2. The van der Waals surface area contributed by atoms with Crippen LogP contribution >= 0.6 is 23.2 Å². The fourth-order valence-electron chi connectivity index (χ4n) is 4.69. The van der Waals surface area contributed by atoms with Crippen molar-refractivity contribution in [1.29, 1.82) is 0 Å². The predicted octanol–water partition coefficient (Wildman–Crippen LogP) is 6.10. The lowest BCUT2D eigenvalue weighted by Crippen LogP contribution is -2.22. The van der Waals surface area contributed by atoms with Gasteiger partial charge in [0.2, 0.25) is 0 Å². The van der Waals surface area contributed by atoms with E-state index in [1.807, 2.05) is 44.2 Å². The lowest BCUT2D eigenvalue weighted by atomic mass is 9.95. The molecule has 4 rings (SSSR count). The van der Waals surface area contributed by atoms with Crippen LogP contribution in [0, 0.1) is 0 Å². The summed E-state index contributed by atoms with van der Waals surface area (Å²) in [5.74, 6) is -0.194. The van der Waals surface area contributed by atoms with E-state index in [1.165, 1.54) is 22.2 Å². The molecule has 0 spiro atoms. The number of ether oxygens (including phenoxy) is 1. The minimum absolute atomic E-state index is 0.0186. The fourth-order valence-corrected chi connectivity index (χ4v) is 4.99. The van der Waals surface area contributed by atoms with Gasteiger partial charge in [-0.3, -0.25) is 4.79 Å². The molecule has 0 bridgehead atoms. The molecule has 1 aliphatic heterocycles. The summed E-state index contributed by atoms with van der Waals surface area (Å²) in [6.07, 6.45) is 2.16. The summed E-state index contributed by atoms with van der Waals surface area (Å²) < 4.78 is 7.90. The van der Waals surface area contributed by atoms with Gasteiger partial charge in [0.1, 0.15) is 0 Å². The molecule has 6 heteroatoms. The number of carbonyl (C=O) groups excluding carboxylic acids is 1. The van der Waals surface area contributed by atoms with Crippen molar-refractivity contribution in [3.8, 4) is 0 Å². The lowest BCUT2D eigenvalue weighted by molar-refractivity contribution is -0.147. The van der Waals surface area contributed by atoms with Crippen molar-refractivity contribution < 1.29 is 9.53 Å². The Bertz CT molecular complexity index is 1110. The van der Waals surface area contributed by atoms with Gasteiger partial charge in [-0.25, -0.2) is 0 Å². The summed E-state index contributed by atoms with van der Waals surface area (Å²) >= 11 is 12.5. The van der Waals surface area contributed by atoms with Crippen molar-refractivity contribution in [3.63, 3.8) is 0 Å². The molecule has 3 aromatic rings. The highest BCUT2D eigenvalue weighted by atomic mass is 35.5. The van der Waals surface area contributed by atoms with Gasteiger partial charge >= 0.3 is 5.97 Å². The van der Waals surface area contributed by atoms with Crippen LogP contribution in [0.15, 0.2) is 42.5 Å². The molecule has 0 aliphatic carbocycles. The number of aromatic nitrogens is 1. The second kappa shape index (κ2) is 9.86. The predicted molar refractivity (Wildman–Crippen MR) is 132 cm³/mol. The number of esters is 1. The Morgan fingerprint density at radius 2 is 1.72 bits per heavy atom. The molecular weight excluding hydrogens is 443 g/mol. The van der Waals surface area contributed by atoms with Crippen molar-refractivity contribution in [2.75, 3.05) is 20.1 Å². The zero-order chi connectivity index (χ0) is 22.8. The number of benzene rings is 2. The lowest BCUT2D eigenvalue weighted by Gasteiger charge is -2.21. The maximum absolute atomic E-state index is 12.6. The third-order valence-electron chi connectivity index (χ3n) is 6.25. The number of nitrogens with zero attached hydrogens (tertiary/aromatic N) is 2. The summed E-state index contributed by atoms with van der Waals surface area (Å²) in [5.41, 5.74) is 5.00. The average molecular weight is 473 g/mol. The topological polar surface area (TPSA) is 34.5 Å². The second-order valence-corrected chi connectivity index (χ2v) is 9.86. The first-order valence-corrected chi connectivity index (χ1v) is 12.0. The average Bonchev–Trinajstić information content (AvgIpc) is 2.87. The van der Waals surface area contributed by atoms with Crippen LogP contribution < -0.4 is 0 Å². The van der Waals surface area contributed by atoms with E-state index in [1.54, 1.807) is 0 Å². The van der Waals surface area contributed by atoms with Gasteiger partial charge in [0.05, 0.1) is 12.5 Å². The van der Waals surface area contributed by atoms with Crippen LogP contribution in [0.25, 0.3) is 10.9 Å². The Morgan fingerprint density at radius 3 is 2.44 bits per heavy atom. The Balaban J connectivity index is 1.76. The molecule has 0 fully saturated rings. The summed E-state index contributed by atoms with van der Waals surface area (Å²) in [6.45, 7) is 6.51. The Labute approximate surface area is 200 Å². The molecule has 32 heavy (non-hydrogen) atoms. The first-order chi connectivity index (χ1) is 15.3. The van der Waals surface area contributed by atoms with Gasteiger partial charge in [0.15, 0.2) is 0 Å². The number of hydrogen-bond acceptors (Lipinski definition) is 3. The van der Waals surface area contributed by atoms with E-state index in [-0.39, 0.29) is 18.0 Å². The van der Waals surface area contributed by atoms with Crippen molar-refractivity contribution in [2.45, 2.75) is 51.7 Å². The standard InChI is InChI=1S/C26H30Cl2N2O2/c1-17(2)32-26(31)14-19(18-4-6-20(27)7-5-18)16-30-24-9-8-21(28)15-23(24)22-10-12-29(3)13-11-25(22)30/h4-9,15,17,19H,10-14,16H2,1-3H3. The van der Waals surface area contributed by atoms with Crippen molar-refractivity contribution in [2.24, 2.45) is 0 Å². The quantitative estimate of drug-likeness (QED) is 0.406. The van der Waals surface area contributed by atoms with Crippen molar-refractivity contribution in [3.05, 3.63) is 69.3 Å². The Hall–Kier alpha value is -2.01. The van der Waals surface area contributed by atoms with Gasteiger partial charge in [-0.05, 0) is 68.8 Å². The molecule has 170 valence electrons. The molecule has 0 amide bonds. The molecule has 2 aromatic carbocycles. The highest BCUT2D eigenvalue weighted by Crippen LogP contribution is 2.34. The highest BCUT2D eigenvalue weighted by molar-refractivity contribution is 6.31. The van der Waals surface area contributed by atoms with E-state index in [0.29, 0.717) is 18.0 Å². The normalized spacial score (nSPS) is 15.6. The monoisotopic (exact) mass is 472 g/mol. The van der Waals surface area contributed by atoms with E-state index < -0.39 is 0 Å². The van der Waals surface area contributed by atoms with E-state index in [4.69, 9.17) is 27.9 Å². The number of fused-ring (bicyclic) bond motifs is 3. The largest absolute Gasteiger partial charge is 0.463 e. The summed E-state index contributed by atoms with van der Waals surface area (Å²) in [4.78, 5) is 15.0. The molecule has 0 saturated heterocycles. The number of halogens is 2. The molecule has 1 aliphatic rings. The molecule has 4 nitrogen and oxygen atoms in total. The molecule has 0 radical (unpaired) electrons. The van der Waals surface area contributed by atoms with Gasteiger partial charge in [-0.15, -0.1) is 0 Å². The third kappa shape index (κ3) is 5.14. The van der Waals surface area contributed by atoms with Gasteiger partial charge in [-0.1, -0.05) is 35.3 Å².